The van der Waals surface area contributed by atoms with Crippen molar-refractivity contribution in [1.82, 2.24) is 4.90 Å². The van der Waals surface area contributed by atoms with Crippen molar-refractivity contribution in [1.29, 1.82) is 0 Å². The van der Waals surface area contributed by atoms with E-state index in [4.69, 9.17) is 0 Å². The van der Waals surface area contributed by atoms with Crippen molar-refractivity contribution in [3.8, 4) is 0 Å². The van der Waals surface area contributed by atoms with Crippen LogP contribution >= 0.6 is 0 Å². The third kappa shape index (κ3) is 2.40. The number of halogens is 1. The maximum atomic E-state index is 13.8. The smallest absolute Gasteiger partial charge is 0.207 e. The van der Waals surface area contributed by atoms with Gasteiger partial charge in [0.15, 0.2) is 0 Å². The first-order valence-electron chi connectivity index (χ1n) is 7.05. The Balaban J connectivity index is 1.87. The second-order valence-electron chi connectivity index (χ2n) is 5.46. The highest BCUT2D eigenvalue weighted by molar-refractivity contribution is 7.95. The van der Waals surface area contributed by atoms with Crippen LogP contribution in [0.4, 0.5) is 4.39 Å². The highest BCUT2D eigenvalue weighted by atomic mass is 32.2. The molecule has 0 aliphatic carbocycles. The van der Waals surface area contributed by atoms with E-state index in [1.54, 1.807) is 18.2 Å². The van der Waals surface area contributed by atoms with E-state index < -0.39 is 15.7 Å². The fraction of sp³-hybridized carbons (Fsp3) is 0.467. The summed E-state index contributed by atoms with van der Waals surface area (Å²) in [6.45, 7) is 2.24. The Labute approximate surface area is 119 Å². The number of fused-ring (bicyclic) bond motifs is 1. The van der Waals surface area contributed by atoms with Crippen LogP contribution in [0.25, 0.3) is 6.08 Å². The van der Waals surface area contributed by atoms with E-state index in [9.17, 15) is 12.8 Å². The maximum Gasteiger partial charge on any atom is 0.207 e. The Morgan fingerprint density at radius 2 is 1.80 bits per heavy atom. The average molecular weight is 295 g/mol. The molecule has 0 N–H and O–H groups in total. The van der Waals surface area contributed by atoms with Gasteiger partial charge in [-0.3, -0.25) is 4.90 Å². The van der Waals surface area contributed by atoms with Crippen LogP contribution < -0.4 is 0 Å². The van der Waals surface area contributed by atoms with Crippen LogP contribution in [0.1, 0.15) is 31.2 Å². The summed E-state index contributed by atoms with van der Waals surface area (Å²) in [5.74, 6) is -0.649. The highest BCUT2D eigenvalue weighted by Crippen LogP contribution is 2.35. The molecular weight excluding hydrogens is 277 g/mol. The number of sulfone groups is 1. The summed E-state index contributed by atoms with van der Waals surface area (Å²) >= 11 is 0. The van der Waals surface area contributed by atoms with Crippen molar-refractivity contribution < 1.29 is 12.8 Å². The fourth-order valence-corrected chi connectivity index (χ4v) is 4.61. The standard InChI is InChI=1S/C15H18FNO2S/c16-14-7-5-6-12-10-13(20(18,19)15(12)14)11-17-8-3-1-2-4-9-17/h5-7,10H,1-4,8-9,11H2. The van der Waals surface area contributed by atoms with E-state index in [2.05, 4.69) is 4.90 Å². The van der Waals surface area contributed by atoms with E-state index in [1.165, 1.54) is 18.9 Å². The lowest BCUT2D eigenvalue weighted by molar-refractivity contribution is 0.313. The van der Waals surface area contributed by atoms with Crippen molar-refractivity contribution in [3.63, 3.8) is 0 Å². The normalized spacial score (nSPS) is 22.1. The summed E-state index contributed by atoms with van der Waals surface area (Å²) in [4.78, 5) is 2.35. The van der Waals surface area contributed by atoms with Crippen molar-refractivity contribution in [2.24, 2.45) is 0 Å². The molecule has 0 bridgehead atoms. The molecule has 2 heterocycles. The highest BCUT2D eigenvalue weighted by Gasteiger charge is 2.33. The Hall–Kier alpha value is -1.20. The zero-order valence-corrected chi connectivity index (χ0v) is 12.1. The number of nitrogens with zero attached hydrogens (tertiary/aromatic N) is 1. The first kappa shape index (κ1) is 13.8. The van der Waals surface area contributed by atoms with E-state index in [1.807, 2.05) is 0 Å². The molecule has 5 heteroatoms. The Morgan fingerprint density at radius 3 is 2.45 bits per heavy atom. The molecule has 0 saturated carbocycles. The summed E-state index contributed by atoms with van der Waals surface area (Å²) in [5.41, 5.74) is 0.481. The molecule has 2 aliphatic heterocycles. The van der Waals surface area contributed by atoms with Crippen LogP contribution in [0, 0.1) is 5.82 Å². The molecule has 108 valence electrons. The maximum absolute atomic E-state index is 13.8. The van der Waals surface area contributed by atoms with E-state index in [-0.39, 0.29) is 4.90 Å². The van der Waals surface area contributed by atoms with Gasteiger partial charge in [-0.05, 0) is 43.6 Å². The third-order valence-corrected chi connectivity index (χ3v) is 5.91. The zero-order valence-electron chi connectivity index (χ0n) is 11.3. The van der Waals surface area contributed by atoms with Crippen LogP contribution in [0.15, 0.2) is 28.0 Å². The molecule has 1 fully saturated rings. The second-order valence-corrected chi connectivity index (χ2v) is 7.40. The topological polar surface area (TPSA) is 37.4 Å². The van der Waals surface area contributed by atoms with Gasteiger partial charge in [-0.2, -0.15) is 0 Å². The van der Waals surface area contributed by atoms with Crippen LogP contribution in [0.5, 0.6) is 0 Å². The average Bonchev–Trinajstić information content (AvgIpc) is 2.58. The summed E-state index contributed by atoms with van der Waals surface area (Å²) < 4.78 is 38.6. The number of benzene rings is 1. The van der Waals surface area contributed by atoms with Gasteiger partial charge in [-0.15, -0.1) is 0 Å². The lowest BCUT2D eigenvalue weighted by Gasteiger charge is -2.20. The number of likely N-dealkylation sites (tertiary alicyclic amines) is 1. The predicted molar refractivity (Wildman–Crippen MR) is 76.5 cm³/mol. The van der Waals surface area contributed by atoms with E-state index >= 15 is 0 Å². The monoisotopic (exact) mass is 295 g/mol. The number of rotatable bonds is 2. The van der Waals surface area contributed by atoms with Gasteiger partial charge in [0.05, 0.1) is 4.91 Å². The van der Waals surface area contributed by atoms with Gasteiger partial charge in [0.2, 0.25) is 9.84 Å². The quantitative estimate of drug-likeness (QED) is 0.842. The van der Waals surface area contributed by atoms with Crippen LogP contribution in [0.3, 0.4) is 0 Å². The molecule has 3 nitrogen and oxygen atoms in total. The lowest BCUT2D eigenvalue weighted by atomic mass is 10.2. The molecule has 0 spiro atoms. The molecular formula is C15H18FNO2S. The summed E-state index contributed by atoms with van der Waals surface area (Å²) in [6.07, 6.45) is 6.25. The minimum absolute atomic E-state index is 0.148. The molecule has 3 rings (SSSR count). The van der Waals surface area contributed by atoms with Gasteiger partial charge in [0, 0.05) is 6.54 Å². The lowest BCUT2D eigenvalue weighted by Crippen LogP contribution is -2.28. The molecule has 0 unspecified atom stereocenters. The third-order valence-electron chi connectivity index (χ3n) is 4.01. The predicted octanol–water partition coefficient (Wildman–Crippen LogP) is 2.83. The van der Waals surface area contributed by atoms with Gasteiger partial charge >= 0.3 is 0 Å². The zero-order chi connectivity index (χ0) is 14.2. The van der Waals surface area contributed by atoms with Gasteiger partial charge in [0.1, 0.15) is 10.7 Å². The largest absolute Gasteiger partial charge is 0.298 e. The van der Waals surface area contributed by atoms with Crippen LogP contribution in [0.2, 0.25) is 0 Å². The van der Waals surface area contributed by atoms with Gasteiger partial charge in [-0.25, -0.2) is 12.8 Å². The molecule has 0 amide bonds. The number of hydrogen-bond acceptors (Lipinski definition) is 3. The first-order valence-corrected chi connectivity index (χ1v) is 8.54. The molecule has 1 aromatic rings. The van der Waals surface area contributed by atoms with Gasteiger partial charge < -0.3 is 0 Å². The van der Waals surface area contributed by atoms with E-state index in [0.717, 1.165) is 25.9 Å². The first-order chi connectivity index (χ1) is 9.59. The van der Waals surface area contributed by atoms with Crippen molar-refractivity contribution in [3.05, 3.63) is 34.5 Å². The fourth-order valence-electron chi connectivity index (χ4n) is 2.95. The minimum atomic E-state index is -3.64. The van der Waals surface area contributed by atoms with E-state index in [0.29, 0.717) is 17.0 Å². The second kappa shape index (κ2) is 5.30. The summed E-state index contributed by atoms with van der Waals surface area (Å²) in [5, 5.41) is 0. The van der Waals surface area contributed by atoms with Crippen molar-refractivity contribution in [2.45, 2.75) is 30.6 Å². The van der Waals surface area contributed by atoms with Crippen LogP contribution in [-0.2, 0) is 9.84 Å². The molecule has 0 atom stereocenters. The number of hydrogen-bond donors (Lipinski definition) is 0. The Bertz CT molecular complexity index is 644. The van der Waals surface area contributed by atoms with Gasteiger partial charge in [-0.1, -0.05) is 25.0 Å². The van der Waals surface area contributed by atoms with Crippen molar-refractivity contribution >= 4 is 15.9 Å². The minimum Gasteiger partial charge on any atom is -0.298 e. The molecule has 2 aliphatic rings. The molecule has 0 radical (unpaired) electrons. The van der Waals surface area contributed by atoms with Crippen molar-refractivity contribution in [2.75, 3.05) is 19.6 Å². The Morgan fingerprint density at radius 1 is 1.10 bits per heavy atom. The molecule has 20 heavy (non-hydrogen) atoms. The van der Waals surface area contributed by atoms with Crippen LogP contribution in [-0.4, -0.2) is 33.0 Å². The SMILES string of the molecule is O=S1(=O)C(CN2CCCCCC2)=Cc2cccc(F)c21. The summed E-state index contributed by atoms with van der Waals surface area (Å²) in [6, 6.07) is 4.42. The Kier molecular flexibility index (Phi) is 3.65. The summed E-state index contributed by atoms with van der Waals surface area (Å²) in [7, 11) is -3.64. The van der Waals surface area contributed by atoms with Gasteiger partial charge in [0.25, 0.3) is 0 Å². The molecule has 0 aromatic heterocycles. The molecule has 1 saturated heterocycles. The molecule has 1 aromatic carbocycles.